The summed E-state index contributed by atoms with van der Waals surface area (Å²) in [6, 6.07) is 14.0. The molecule has 0 spiro atoms. The van der Waals surface area contributed by atoms with E-state index in [-0.39, 0.29) is 23.8 Å². The fourth-order valence-corrected chi connectivity index (χ4v) is 5.66. The third kappa shape index (κ3) is 5.57. The Kier molecular flexibility index (Phi) is 8.32. The van der Waals surface area contributed by atoms with Gasteiger partial charge in [0, 0.05) is 48.3 Å². The van der Waals surface area contributed by atoms with Crippen molar-refractivity contribution in [1.82, 2.24) is 10.2 Å². The highest BCUT2D eigenvalue weighted by atomic mass is 32.1. The summed E-state index contributed by atoms with van der Waals surface area (Å²) in [5.41, 5.74) is 1.45. The fraction of sp³-hybridized carbons (Fsp3) is 0.370. The number of amides is 1. The van der Waals surface area contributed by atoms with E-state index in [0.29, 0.717) is 22.8 Å². The molecule has 0 saturated carbocycles. The number of carbonyl (C=O) groups is 1. The van der Waals surface area contributed by atoms with Crippen LogP contribution < -0.4 is 24.4 Å². The van der Waals surface area contributed by atoms with E-state index < -0.39 is 0 Å². The molecule has 9 heteroatoms. The van der Waals surface area contributed by atoms with E-state index in [1.54, 1.807) is 23.5 Å². The van der Waals surface area contributed by atoms with Crippen molar-refractivity contribution in [3.63, 3.8) is 0 Å². The number of nitrogens with zero attached hydrogens (tertiary/aromatic N) is 2. The Hall–Kier alpha value is -3.30. The van der Waals surface area contributed by atoms with Crippen molar-refractivity contribution in [2.45, 2.75) is 19.0 Å². The first-order chi connectivity index (χ1) is 17.4. The molecular weight excluding hydrogens is 481 g/mol. The maximum absolute atomic E-state index is 13.3. The van der Waals surface area contributed by atoms with Crippen molar-refractivity contribution in [2.24, 2.45) is 0 Å². The van der Waals surface area contributed by atoms with Crippen LogP contribution in [-0.4, -0.2) is 64.4 Å². The van der Waals surface area contributed by atoms with Gasteiger partial charge in [-0.2, -0.15) is 0 Å². The maximum Gasteiger partial charge on any atom is 0.251 e. The zero-order chi connectivity index (χ0) is 25.7. The Morgan fingerprint density at radius 3 is 2.14 bits per heavy atom. The summed E-state index contributed by atoms with van der Waals surface area (Å²) in [5, 5.41) is 5.25. The number of nitrogens with one attached hydrogen (secondary N) is 1. The maximum atomic E-state index is 13.3. The molecule has 36 heavy (non-hydrogen) atoms. The van der Waals surface area contributed by atoms with E-state index in [9.17, 15) is 9.18 Å². The molecule has 3 aromatic rings. The number of benzene rings is 2. The number of ether oxygens (including phenoxy) is 3. The number of hydrogen-bond donors (Lipinski definition) is 1. The van der Waals surface area contributed by atoms with E-state index >= 15 is 0 Å². The summed E-state index contributed by atoms with van der Waals surface area (Å²) in [6.07, 6.45) is 0. The van der Waals surface area contributed by atoms with Gasteiger partial charge in [0.1, 0.15) is 5.82 Å². The van der Waals surface area contributed by atoms with Gasteiger partial charge in [-0.3, -0.25) is 9.69 Å². The molecule has 1 fully saturated rings. The second-order valence-electron chi connectivity index (χ2n) is 8.64. The Morgan fingerprint density at radius 2 is 1.61 bits per heavy atom. The van der Waals surface area contributed by atoms with E-state index in [0.717, 1.165) is 31.9 Å². The monoisotopic (exact) mass is 513 g/mol. The minimum Gasteiger partial charge on any atom is -0.493 e. The smallest absolute Gasteiger partial charge is 0.251 e. The predicted molar refractivity (Wildman–Crippen MR) is 140 cm³/mol. The average Bonchev–Trinajstić information content (AvgIpc) is 3.43. The first-order valence-electron chi connectivity index (χ1n) is 11.8. The summed E-state index contributed by atoms with van der Waals surface area (Å²) in [6.45, 7) is 5.32. The van der Waals surface area contributed by atoms with E-state index in [4.69, 9.17) is 14.2 Å². The lowest BCUT2D eigenvalue weighted by Gasteiger charge is -2.42. The van der Waals surface area contributed by atoms with Gasteiger partial charge in [-0.15, -0.1) is 11.3 Å². The van der Waals surface area contributed by atoms with Gasteiger partial charge in [0.2, 0.25) is 5.75 Å². The van der Waals surface area contributed by atoms with Crippen molar-refractivity contribution in [2.75, 3.05) is 52.4 Å². The van der Waals surface area contributed by atoms with E-state index in [2.05, 4.69) is 26.6 Å². The average molecular weight is 514 g/mol. The SMILES string of the molecule is COc1cc(C(=O)NC(C)C(c2cccs2)N2CCN(c3ccc(F)cc3)CC2)cc(OC)c1OC. The molecule has 0 bridgehead atoms. The lowest BCUT2D eigenvalue weighted by Crippen LogP contribution is -2.52. The number of carbonyl (C=O) groups excluding carboxylic acids is 1. The van der Waals surface area contributed by atoms with Crippen molar-refractivity contribution in [3.05, 3.63) is 70.2 Å². The van der Waals surface area contributed by atoms with Gasteiger partial charge in [0.15, 0.2) is 11.5 Å². The summed E-state index contributed by atoms with van der Waals surface area (Å²) in [4.78, 5) is 19.2. The summed E-state index contributed by atoms with van der Waals surface area (Å²) in [5.74, 6) is 0.864. The molecular formula is C27H32FN3O4S. The van der Waals surface area contributed by atoms with Crippen LogP contribution in [-0.2, 0) is 0 Å². The molecule has 1 aliphatic rings. The number of anilines is 1. The van der Waals surface area contributed by atoms with E-state index in [1.807, 2.05) is 25.1 Å². The van der Waals surface area contributed by atoms with Crippen LogP contribution in [0.25, 0.3) is 0 Å². The van der Waals surface area contributed by atoms with Crippen molar-refractivity contribution < 1.29 is 23.4 Å². The highest BCUT2D eigenvalue weighted by Crippen LogP contribution is 2.38. The van der Waals surface area contributed by atoms with Gasteiger partial charge >= 0.3 is 0 Å². The number of rotatable bonds is 9. The molecule has 0 radical (unpaired) electrons. The van der Waals surface area contributed by atoms with Gasteiger partial charge in [-0.05, 0) is 54.8 Å². The molecule has 1 saturated heterocycles. The van der Waals surface area contributed by atoms with Crippen molar-refractivity contribution in [3.8, 4) is 17.2 Å². The van der Waals surface area contributed by atoms with Gasteiger partial charge in [-0.1, -0.05) is 6.07 Å². The molecule has 4 rings (SSSR count). The van der Waals surface area contributed by atoms with Crippen LogP contribution in [0.1, 0.15) is 28.2 Å². The molecule has 2 heterocycles. The Labute approximate surface area is 215 Å². The van der Waals surface area contributed by atoms with Crippen molar-refractivity contribution >= 4 is 22.9 Å². The highest BCUT2D eigenvalue weighted by Gasteiger charge is 2.31. The zero-order valence-electron chi connectivity index (χ0n) is 21.0. The van der Waals surface area contributed by atoms with Gasteiger partial charge in [0.05, 0.1) is 27.4 Å². The largest absolute Gasteiger partial charge is 0.493 e. The third-order valence-corrected chi connectivity index (χ3v) is 7.44. The summed E-state index contributed by atoms with van der Waals surface area (Å²) >= 11 is 1.69. The molecule has 7 nitrogen and oxygen atoms in total. The topological polar surface area (TPSA) is 63.3 Å². The van der Waals surface area contributed by atoms with Gasteiger partial charge in [0.25, 0.3) is 5.91 Å². The van der Waals surface area contributed by atoms with E-state index in [1.165, 1.54) is 38.3 Å². The quantitative estimate of drug-likeness (QED) is 0.452. The lowest BCUT2D eigenvalue weighted by atomic mass is 10.0. The van der Waals surface area contributed by atoms with Crippen LogP contribution in [0.4, 0.5) is 10.1 Å². The predicted octanol–water partition coefficient (Wildman–Crippen LogP) is 4.59. The molecule has 2 atom stereocenters. The third-order valence-electron chi connectivity index (χ3n) is 6.49. The number of halogens is 1. The fourth-order valence-electron chi connectivity index (χ4n) is 4.69. The molecule has 1 aliphatic heterocycles. The lowest BCUT2D eigenvalue weighted by molar-refractivity contribution is 0.0890. The van der Waals surface area contributed by atoms with Crippen molar-refractivity contribution in [1.29, 1.82) is 0 Å². The van der Waals surface area contributed by atoms with Crippen LogP contribution in [0.15, 0.2) is 53.9 Å². The molecule has 1 aromatic heterocycles. The van der Waals surface area contributed by atoms with Crippen LogP contribution in [0.2, 0.25) is 0 Å². The molecule has 0 aliphatic carbocycles. The Bertz CT molecular complexity index is 1120. The number of hydrogen-bond acceptors (Lipinski definition) is 7. The molecule has 2 aromatic carbocycles. The van der Waals surface area contributed by atoms with Crippen LogP contribution in [0, 0.1) is 5.82 Å². The molecule has 1 amide bonds. The van der Waals surface area contributed by atoms with Crippen LogP contribution in [0.5, 0.6) is 17.2 Å². The van der Waals surface area contributed by atoms with Crippen LogP contribution >= 0.6 is 11.3 Å². The minimum absolute atomic E-state index is 0.0198. The Balaban J connectivity index is 1.50. The summed E-state index contributed by atoms with van der Waals surface area (Å²) in [7, 11) is 4.59. The first kappa shape index (κ1) is 25.8. The molecule has 1 N–H and O–H groups in total. The second kappa shape index (κ2) is 11.6. The zero-order valence-corrected chi connectivity index (χ0v) is 21.8. The summed E-state index contributed by atoms with van der Waals surface area (Å²) < 4.78 is 29.5. The Morgan fingerprint density at radius 1 is 0.972 bits per heavy atom. The highest BCUT2D eigenvalue weighted by molar-refractivity contribution is 7.10. The molecule has 2 unspecified atom stereocenters. The van der Waals surface area contributed by atoms with Gasteiger partial charge in [-0.25, -0.2) is 4.39 Å². The van der Waals surface area contributed by atoms with Crippen LogP contribution in [0.3, 0.4) is 0 Å². The number of piperazine rings is 1. The molecule has 192 valence electrons. The normalized spacial score (nSPS) is 15.8. The van der Waals surface area contributed by atoms with Gasteiger partial charge < -0.3 is 24.4 Å². The standard InChI is InChI=1S/C27H32FN3O4S/c1-18(29-27(32)19-16-22(33-2)26(35-4)23(17-19)34-3)25(24-6-5-15-36-24)31-13-11-30(12-14-31)21-9-7-20(28)8-10-21/h5-10,15-18,25H,11-14H2,1-4H3,(H,29,32). The second-order valence-corrected chi connectivity index (χ2v) is 9.62. The number of thiophene rings is 1. The first-order valence-corrected chi connectivity index (χ1v) is 12.7. The minimum atomic E-state index is -0.230. The number of methoxy groups -OCH3 is 3.